The zero-order chi connectivity index (χ0) is 12.0. The van der Waals surface area contributed by atoms with Crippen LogP contribution in [0.3, 0.4) is 0 Å². The summed E-state index contributed by atoms with van der Waals surface area (Å²) in [7, 11) is 1.88. The molecule has 7 nitrogen and oxygen atoms in total. The van der Waals surface area contributed by atoms with Gasteiger partial charge in [0, 0.05) is 31.3 Å². The minimum atomic E-state index is -0.222. The summed E-state index contributed by atoms with van der Waals surface area (Å²) >= 11 is 0. The average molecular weight is 233 g/mol. The molecule has 0 spiro atoms. The van der Waals surface area contributed by atoms with Gasteiger partial charge in [-0.2, -0.15) is 19.7 Å². The third kappa shape index (κ3) is 1.47. The lowest BCUT2D eigenvalue weighted by Gasteiger charge is -2.08. The Morgan fingerprint density at radius 2 is 2.24 bits per heavy atom. The maximum absolute atomic E-state index is 9.62. The third-order valence-corrected chi connectivity index (χ3v) is 2.77. The summed E-state index contributed by atoms with van der Waals surface area (Å²) in [5.41, 5.74) is 1.29. The van der Waals surface area contributed by atoms with E-state index in [1.54, 1.807) is 12.4 Å². The van der Waals surface area contributed by atoms with Gasteiger partial charge in [-0.05, 0) is 0 Å². The number of aromatic nitrogens is 3. The van der Waals surface area contributed by atoms with Crippen molar-refractivity contribution in [2.75, 3.05) is 13.6 Å². The number of hydrogen-bond acceptors (Lipinski definition) is 6. The van der Waals surface area contributed by atoms with Crippen molar-refractivity contribution in [2.45, 2.75) is 5.92 Å². The molecule has 3 rings (SSSR count). The largest absolute Gasteiger partial charge is 0.493 e. The topological polar surface area (TPSA) is 86.2 Å². The van der Waals surface area contributed by atoms with E-state index in [0.717, 1.165) is 18.2 Å². The maximum Gasteiger partial charge on any atom is 0.219 e. The Morgan fingerprint density at radius 1 is 1.41 bits per heavy atom. The van der Waals surface area contributed by atoms with Crippen LogP contribution in [0.2, 0.25) is 0 Å². The van der Waals surface area contributed by atoms with E-state index in [1.807, 2.05) is 12.1 Å². The summed E-state index contributed by atoms with van der Waals surface area (Å²) in [6.45, 7) is 0.736. The second kappa shape index (κ2) is 3.34. The van der Waals surface area contributed by atoms with Crippen molar-refractivity contribution in [3.05, 3.63) is 17.8 Å². The molecule has 1 unspecified atom stereocenters. The molecule has 0 amide bonds. The van der Waals surface area contributed by atoms with Crippen LogP contribution in [0, 0.1) is 0 Å². The molecule has 17 heavy (non-hydrogen) atoms. The third-order valence-electron chi connectivity index (χ3n) is 2.77. The summed E-state index contributed by atoms with van der Waals surface area (Å²) in [5.74, 6) is -0.284. The molecule has 1 atom stereocenters. The smallest absolute Gasteiger partial charge is 0.219 e. The molecule has 2 aromatic rings. The summed E-state index contributed by atoms with van der Waals surface area (Å²) in [4.78, 5) is 3.98. The first-order valence-electron chi connectivity index (χ1n) is 5.17. The second-order valence-corrected chi connectivity index (χ2v) is 4.02. The van der Waals surface area contributed by atoms with Crippen molar-refractivity contribution in [2.24, 2.45) is 5.10 Å². The van der Waals surface area contributed by atoms with Crippen molar-refractivity contribution in [3.63, 3.8) is 0 Å². The lowest BCUT2D eigenvalue weighted by atomic mass is 10.0. The van der Waals surface area contributed by atoms with E-state index in [-0.39, 0.29) is 17.7 Å². The molecule has 3 heterocycles. The zero-order valence-corrected chi connectivity index (χ0v) is 9.15. The number of fused-ring (bicyclic) bond motifs is 1. The summed E-state index contributed by atoms with van der Waals surface area (Å²) < 4.78 is 1.29. The lowest BCUT2D eigenvalue weighted by Crippen LogP contribution is -2.12. The monoisotopic (exact) mass is 233 g/mol. The molecular weight excluding hydrogens is 222 g/mol. The molecule has 0 saturated heterocycles. The quantitative estimate of drug-likeness (QED) is 0.732. The van der Waals surface area contributed by atoms with Crippen molar-refractivity contribution >= 4 is 11.9 Å². The molecule has 1 aliphatic rings. The van der Waals surface area contributed by atoms with Crippen LogP contribution in [-0.2, 0) is 0 Å². The van der Waals surface area contributed by atoms with Gasteiger partial charge in [0.15, 0.2) is 5.65 Å². The molecule has 0 saturated carbocycles. The Hall–Kier alpha value is -2.31. The molecule has 2 N–H and O–H groups in total. The van der Waals surface area contributed by atoms with Crippen LogP contribution in [0.5, 0.6) is 11.8 Å². The Bertz CT molecular complexity index is 606. The van der Waals surface area contributed by atoms with Crippen LogP contribution < -0.4 is 0 Å². The van der Waals surface area contributed by atoms with E-state index >= 15 is 0 Å². The van der Waals surface area contributed by atoms with Gasteiger partial charge in [-0.15, -0.1) is 0 Å². The molecule has 0 radical (unpaired) electrons. The summed E-state index contributed by atoms with van der Waals surface area (Å²) in [5, 5.41) is 29.0. The lowest BCUT2D eigenvalue weighted by molar-refractivity contribution is 0.381. The Morgan fingerprint density at radius 3 is 2.94 bits per heavy atom. The highest BCUT2D eigenvalue weighted by Gasteiger charge is 2.22. The average Bonchev–Trinajstić information content (AvgIpc) is 2.83. The van der Waals surface area contributed by atoms with Gasteiger partial charge in [-0.25, -0.2) is 0 Å². The normalized spacial score (nSPS) is 19.4. The zero-order valence-electron chi connectivity index (χ0n) is 9.15. The van der Waals surface area contributed by atoms with Gasteiger partial charge in [0.1, 0.15) is 0 Å². The number of aromatic hydroxyl groups is 2. The van der Waals surface area contributed by atoms with E-state index in [9.17, 15) is 10.2 Å². The van der Waals surface area contributed by atoms with E-state index in [4.69, 9.17) is 0 Å². The molecule has 2 aromatic heterocycles. The fourth-order valence-electron chi connectivity index (χ4n) is 1.97. The molecule has 88 valence electrons. The number of hydrazone groups is 1. The van der Waals surface area contributed by atoms with Crippen LogP contribution in [0.15, 0.2) is 17.4 Å². The highest BCUT2D eigenvalue weighted by Crippen LogP contribution is 2.26. The molecule has 0 aromatic carbocycles. The van der Waals surface area contributed by atoms with E-state index in [0.29, 0.717) is 5.65 Å². The van der Waals surface area contributed by atoms with Gasteiger partial charge in [-0.1, -0.05) is 0 Å². The fourth-order valence-corrected chi connectivity index (χ4v) is 1.97. The maximum atomic E-state index is 9.62. The first-order valence-corrected chi connectivity index (χ1v) is 5.17. The number of likely N-dealkylation sites (N-methyl/N-ethyl adjacent to an activating group) is 1. The van der Waals surface area contributed by atoms with Gasteiger partial charge in [-0.3, -0.25) is 5.01 Å². The fraction of sp³-hybridized carbons (Fsp3) is 0.300. The number of hydrogen-bond donors (Lipinski definition) is 2. The highest BCUT2D eigenvalue weighted by molar-refractivity contribution is 5.73. The Balaban J connectivity index is 2.15. The van der Waals surface area contributed by atoms with Crippen molar-refractivity contribution in [1.29, 1.82) is 0 Å². The molecule has 7 heteroatoms. The molecule has 1 aliphatic heterocycles. The van der Waals surface area contributed by atoms with Gasteiger partial charge in [0.25, 0.3) is 0 Å². The molecule has 0 fully saturated rings. The Labute approximate surface area is 96.6 Å². The summed E-state index contributed by atoms with van der Waals surface area (Å²) in [6, 6.07) is 1.15. The van der Waals surface area contributed by atoms with Crippen molar-refractivity contribution in [1.82, 2.24) is 19.6 Å². The number of nitrogens with zero attached hydrogens (tertiary/aromatic N) is 5. The van der Waals surface area contributed by atoms with E-state index < -0.39 is 0 Å². The van der Waals surface area contributed by atoms with Crippen LogP contribution in [0.25, 0.3) is 5.65 Å². The van der Waals surface area contributed by atoms with Gasteiger partial charge in [0.2, 0.25) is 11.8 Å². The number of rotatable bonds is 1. The van der Waals surface area contributed by atoms with Gasteiger partial charge >= 0.3 is 0 Å². The van der Waals surface area contributed by atoms with Crippen molar-refractivity contribution < 1.29 is 10.2 Å². The van der Waals surface area contributed by atoms with Crippen LogP contribution >= 0.6 is 0 Å². The van der Waals surface area contributed by atoms with Crippen LogP contribution in [0.1, 0.15) is 11.5 Å². The molecule has 0 bridgehead atoms. The van der Waals surface area contributed by atoms with Gasteiger partial charge in [0.05, 0.1) is 12.3 Å². The molecular formula is C10H11N5O2. The van der Waals surface area contributed by atoms with E-state index in [2.05, 4.69) is 15.2 Å². The van der Waals surface area contributed by atoms with Gasteiger partial charge < -0.3 is 10.2 Å². The van der Waals surface area contributed by atoms with Crippen molar-refractivity contribution in [3.8, 4) is 11.8 Å². The van der Waals surface area contributed by atoms with Crippen LogP contribution in [0.4, 0.5) is 0 Å². The summed E-state index contributed by atoms with van der Waals surface area (Å²) in [6.07, 6.45) is 3.44. The SMILES string of the molecule is CN1CC(c2cnn3c(O)cc(O)nc23)C=N1. The molecule has 0 aliphatic carbocycles. The standard InChI is InChI=1S/C10H11N5O2/c1-14-5-6(3-11-14)7-4-12-15-9(17)2-8(16)13-10(7)15/h2-4,6,17H,5H2,1H3,(H,13,16). The van der Waals surface area contributed by atoms with E-state index in [1.165, 1.54) is 4.52 Å². The first-order chi connectivity index (χ1) is 8.15. The second-order valence-electron chi connectivity index (χ2n) is 4.02. The minimum absolute atomic E-state index is 0.0752. The predicted octanol–water partition coefficient (Wildman–Crippen LogP) is 0.155. The minimum Gasteiger partial charge on any atom is -0.493 e. The first kappa shape index (κ1) is 9.88. The highest BCUT2D eigenvalue weighted by atomic mass is 16.3. The predicted molar refractivity (Wildman–Crippen MR) is 60.2 cm³/mol. The van der Waals surface area contributed by atoms with Crippen LogP contribution in [-0.4, -0.2) is 49.6 Å². The Kier molecular flexibility index (Phi) is 1.94.